The summed E-state index contributed by atoms with van der Waals surface area (Å²) in [4.78, 5) is 3.86. The highest BCUT2D eigenvalue weighted by molar-refractivity contribution is 6.42. The molecular weight excluding hydrogens is 501 g/mol. The molecule has 11 heteroatoms. The van der Waals surface area contributed by atoms with E-state index in [2.05, 4.69) is 15.2 Å². The minimum atomic E-state index is -0.722. The molecule has 4 aromatic rings. The summed E-state index contributed by atoms with van der Waals surface area (Å²) in [5.74, 6) is -0.537. The smallest absolute Gasteiger partial charge is 0.249 e. The van der Waals surface area contributed by atoms with Crippen molar-refractivity contribution in [1.29, 1.82) is 5.26 Å². The summed E-state index contributed by atoms with van der Waals surface area (Å²) in [6.45, 7) is 0. The fourth-order valence-corrected chi connectivity index (χ4v) is 3.55. The van der Waals surface area contributed by atoms with E-state index in [9.17, 15) is 0 Å². The third-order valence-corrected chi connectivity index (χ3v) is 5.52. The first-order chi connectivity index (χ1) is 15.4. The Balaban J connectivity index is 1.63. The van der Waals surface area contributed by atoms with Gasteiger partial charge in [0.25, 0.3) is 0 Å². The van der Waals surface area contributed by atoms with Crippen LogP contribution in [0.2, 0.25) is 20.2 Å². The molecule has 6 nitrogen and oxygen atoms in total. The Morgan fingerprint density at radius 3 is 2.66 bits per heavy atom. The Hall–Kier alpha value is -2.89. The van der Waals surface area contributed by atoms with E-state index in [-0.39, 0.29) is 61.0 Å². The standard InChI is InChI=1S/C21H9Cl4FN4O2/c22-12-5-10(9-27)6-13(8-12)31-19-15(23)2-1-11(18(19)26)7-16-29-30-21(32-16)14-3-4-28-20(25)17(14)24/h1-6,8H,7H2. The van der Waals surface area contributed by atoms with Crippen LogP contribution in [0.4, 0.5) is 4.39 Å². The minimum absolute atomic E-state index is 0.0363. The topological polar surface area (TPSA) is 84.8 Å². The number of pyridine rings is 1. The molecule has 0 saturated carbocycles. The molecule has 0 N–H and O–H groups in total. The molecule has 2 heterocycles. The first kappa shape index (κ1) is 22.3. The second kappa shape index (κ2) is 9.31. The zero-order valence-electron chi connectivity index (χ0n) is 15.7. The number of nitrogens with zero attached hydrogens (tertiary/aromatic N) is 4. The Kier molecular flexibility index (Phi) is 6.49. The van der Waals surface area contributed by atoms with Crippen molar-refractivity contribution in [2.75, 3.05) is 0 Å². The van der Waals surface area contributed by atoms with E-state index in [0.717, 1.165) is 0 Å². The SMILES string of the molecule is N#Cc1cc(Cl)cc(Oc2c(Cl)ccc(Cc3nnc(-c4ccnc(Cl)c4Cl)o3)c2F)c1. The van der Waals surface area contributed by atoms with Gasteiger partial charge in [-0.2, -0.15) is 5.26 Å². The highest BCUT2D eigenvalue weighted by Crippen LogP contribution is 2.36. The highest BCUT2D eigenvalue weighted by atomic mass is 35.5. The number of halogens is 5. The summed E-state index contributed by atoms with van der Waals surface area (Å²) in [6.07, 6.45) is 1.41. The van der Waals surface area contributed by atoms with Crippen LogP contribution in [0, 0.1) is 17.1 Å². The van der Waals surface area contributed by atoms with E-state index >= 15 is 4.39 Å². The lowest BCUT2D eigenvalue weighted by molar-refractivity contribution is 0.437. The predicted molar refractivity (Wildman–Crippen MR) is 118 cm³/mol. The molecule has 0 aliphatic heterocycles. The van der Waals surface area contributed by atoms with Crippen LogP contribution in [0.1, 0.15) is 17.0 Å². The second-order valence-electron chi connectivity index (χ2n) is 6.38. The Morgan fingerprint density at radius 1 is 1.06 bits per heavy atom. The van der Waals surface area contributed by atoms with Gasteiger partial charge in [0.2, 0.25) is 11.8 Å². The van der Waals surface area contributed by atoms with Gasteiger partial charge in [-0.3, -0.25) is 0 Å². The molecule has 0 aliphatic carbocycles. The van der Waals surface area contributed by atoms with E-state index in [0.29, 0.717) is 5.56 Å². The molecular formula is C21H9Cl4FN4O2. The molecule has 0 atom stereocenters. The highest BCUT2D eigenvalue weighted by Gasteiger charge is 2.19. The van der Waals surface area contributed by atoms with Crippen LogP contribution in [-0.2, 0) is 6.42 Å². The molecule has 0 aliphatic rings. The van der Waals surface area contributed by atoms with Crippen molar-refractivity contribution >= 4 is 46.4 Å². The molecule has 4 rings (SSSR count). The first-order valence-corrected chi connectivity index (χ1v) is 10.3. The van der Waals surface area contributed by atoms with Crippen molar-refractivity contribution in [3.63, 3.8) is 0 Å². The van der Waals surface area contributed by atoms with Crippen LogP contribution in [0.3, 0.4) is 0 Å². The predicted octanol–water partition coefficient (Wildman–Crippen LogP) is 7.14. The molecule has 0 fully saturated rings. The Labute approximate surface area is 201 Å². The van der Waals surface area contributed by atoms with E-state index in [1.807, 2.05) is 6.07 Å². The van der Waals surface area contributed by atoms with Gasteiger partial charge in [0.1, 0.15) is 10.9 Å². The monoisotopic (exact) mass is 508 g/mol. The molecule has 0 amide bonds. The maximum absolute atomic E-state index is 15.2. The summed E-state index contributed by atoms with van der Waals surface area (Å²) in [6, 6.07) is 10.8. The average Bonchev–Trinajstić information content (AvgIpc) is 3.23. The maximum atomic E-state index is 15.2. The Morgan fingerprint density at radius 2 is 1.88 bits per heavy atom. The summed E-state index contributed by atoms with van der Waals surface area (Å²) in [5.41, 5.74) is 0.856. The van der Waals surface area contributed by atoms with Crippen molar-refractivity contribution in [2.24, 2.45) is 0 Å². The van der Waals surface area contributed by atoms with Crippen LogP contribution in [-0.4, -0.2) is 15.2 Å². The fraction of sp³-hybridized carbons (Fsp3) is 0.0476. The molecule has 2 aromatic heterocycles. The first-order valence-electron chi connectivity index (χ1n) is 8.84. The number of nitriles is 1. The number of hydrogen-bond donors (Lipinski definition) is 0. The van der Waals surface area contributed by atoms with Gasteiger partial charge >= 0.3 is 0 Å². The molecule has 0 spiro atoms. The average molecular weight is 510 g/mol. The van der Waals surface area contributed by atoms with Crippen LogP contribution in [0.25, 0.3) is 11.5 Å². The van der Waals surface area contributed by atoms with Gasteiger partial charge in [-0.05, 0) is 30.3 Å². The molecule has 32 heavy (non-hydrogen) atoms. The van der Waals surface area contributed by atoms with Crippen molar-refractivity contribution in [3.05, 3.63) is 85.7 Å². The van der Waals surface area contributed by atoms with Gasteiger partial charge in [0.15, 0.2) is 11.6 Å². The molecule has 0 radical (unpaired) electrons. The third kappa shape index (κ3) is 4.64. The lowest BCUT2D eigenvalue weighted by Gasteiger charge is -2.11. The van der Waals surface area contributed by atoms with Gasteiger partial charge in [-0.25, -0.2) is 9.37 Å². The normalized spacial score (nSPS) is 10.8. The summed E-state index contributed by atoms with van der Waals surface area (Å²) < 4.78 is 26.4. The second-order valence-corrected chi connectivity index (χ2v) is 7.96. The minimum Gasteiger partial charge on any atom is -0.453 e. The number of rotatable bonds is 5. The molecule has 0 bridgehead atoms. The molecule has 2 aromatic carbocycles. The van der Waals surface area contributed by atoms with Gasteiger partial charge in [0, 0.05) is 16.8 Å². The van der Waals surface area contributed by atoms with E-state index in [1.54, 1.807) is 6.07 Å². The lowest BCUT2D eigenvalue weighted by Crippen LogP contribution is -1.98. The Bertz CT molecular complexity index is 1370. The van der Waals surface area contributed by atoms with Crippen molar-refractivity contribution < 1.29 is 13.5 Å². The zero-order chi connectivity index (χ0) is 22.8. The van der Waals surface area contributed by atoms with Crippen molar-refractivity contribution in [2.45, 2.75) is 6.42 Å². The van der Waals surface area contributed by atoms with Crippen LogP contribution in [0.5, 0.6) is 11.5 Å². The van der Waals surface area contributed by atoms with Crippen LogP contribution in [0.15, 0.2) is 47.0 Å². The molecule has 0 saturated heterocycles. The van der Waals surface area contributed by atoms with Gasteiger partial charge in [-0.1, -0.05) is 52.5 Å². The number of benzene rings is 2. The van der Waals surface area contributed by atoms with Crippen LogP contribution >= 0.6 is 46.4 Å². The number of hydrogen-bond acceptors (Lipinski definition) is 6. The summed E-state index contributed by atoms with van der Waals surface area (Å²) >= 11 is 24.2. The molecule has 160 valence electrons. The molecule has 0 unspecified atom stereocenters. The summed E-state index contributed by atoms with van der Waals surface area (Å²) in [7, 11) is 0. The van der Waals surface area contributed by atoms with Gasteiger partial charge in [-0.15, -0.1) is 10.2 Å². The summed E-state index contributed by atoms with van der Waals surface area (Å²) in [5, 5.41) is 17.5. The zero-order valence-corrected chi connectivity index (χ0v) is 18.8. The van der Waals surface area contributed by atoms with E-state index in [4.69, 9.17) is 60.8 Å². The van der Waals surface area contributed by atoms with Crippen LogP contribution < -0.4 is 4.74 Å². The number of aromatic nitrogens is 3. The van der Waals surface area contributed by atoms with E-state index in [1.165, 1.54) is 36.5 Å². The maximum Gasteiger partial charge on any atom is 0.249 e. The van der Waals surface area contributed by atoms with E-state index < -0.39 is 5.82 Å². The van der Waals surface area contributed by atoms with Crippen molar-refractivity contribution in [3.8, 4) is 29.0 Å². The number of ether oxygens (including phenoxy) is 1. The largest absolute Gasteiger partial charge is 0.453 e. The van der Waals surface area contributed by atoms with Crippen molar-refractivity contribution in [1.82, 2.24) is 15.2 Å². The van der Waals surface area contributed by atoms with Gasteiger partial charge in [0.05, 0.1) is 33.7 Å². The third-order valence-electron chi connectivity index (χ3n) is 4.23. The fourth-order valence-electron chi connectivity index (χ4n) is 2.79. The van der Waals surface area contributed by atoms with Gasteiger partial charge < -0.3 is 9.15 Å². The lowest BCUT2D eigenvalue weighted by atomic mass is 10.1. The quantitative estimate of drug-likeness (QED) is 0.266.